The van der Waals surface area contributed by atoms with Crippen LogP contribution in [-0.4, -0.2) is 35.5 Å². The van der Waals surface area contributed by atoms with Gasteiger partial charge >= 0.3 is 0 Å². The van der Waals surface area contributed by atoms with Crippen molar-refractivity contribution in [1.82, 2.24) is 10.2 Å². The molecule has 4 aromatic rings. The summed E-state index contributed by atoms with van der Waals surface area (Å²) in [6.45, 7) is 4.80. The van der Waals surface area contributed by atoms with E-state index in [9.17, 15) is 14.7 Å². The Morgan fingerprint density at radius 1 is 0.953 bits per heavy atom. The summed E-state index contributed by atoms with van der Waals surface area (Å²) in [4.78, 5) is 31.3. The van der Waals surface area contributed by atoms with Gasteiger partial charge in [-0.15, -0.1) is 0 Å². The lowest BCUT2D eigenvalue weighted by atomic mass is 9.63. The third kappa shape index (κ3) is 6.06. The molecule has 0 bridgehead atoms. The average Bonchev–Trinajstić information content (AvgIpc) is 3.03. The SMILES string of the molecule is COc1ccccc1CN1C(=O)c2ccccc2[C@](Cc2ccccc2I)(C(=O)NCC(C)C)[C@@H]1c1ccc(CO)cc1. The van der Waals surface area contributed by atoms with Gasteiger partial charge in [-0.3, -0.25) is 9.59 Å². The molecule has 0 unspecified atom stereocenters. The Morgan fingerprint density at radius 2 is 1.60 bits per heavy atom. The van der Waals surface area contributed by atoms with Crippen molar-refractivity contribution in [3.63, 3.8) is 0 Å². The molecule has 0 radical (unpaired) electrons. The molecule has 1 aliphatic rings. The quantitative estimate of drug-likeness (QED) is 0.188. The summed E-state index contributed by atoms with van der Waals surface area (Å²) in [5.41, 5.74) is 3.53. The van der Waals surface area contributed by atoms with Gasteiger partial charge in [0.05, 0.1) is 26.3 Å². The van der Waals surface area contributed by atoms with Crippen molar-refractivity contribution < 1.29 is 19.4 Å². The number of methoxy groups -OCH3 is 1. The molecule has 4 aromatic carbocycles. The first kappa shape index (κ1) is 30.8. The molecule has 43 heavy (non-hydrogen) atoms. The van der Waals surface area contributed by atoms with Gasteiger partial charge in [0.25, 0.3) is 5.91 Å². The van der Waals surface area contributed by atoms with Crippen molar-refractivity contribution in [2.45, 2.75) is 44.9 Å². The van der Waals surface area contributed by atoms with Gasteiger partial charge in [0.15, 0.2) is 0 Å². The molecule has 222 valence electrons. The number of nitrogens with one attached hydrogen (secondary N) is 1. The summed E-state index contributed by atoms with van der Waals surface area (Å²) in [7, 11) is 1.62. The summed E-state index contributed by atoms with van der Waals surface area (Å²) in [6, 6.07) is 30.3. The minimum absolute atomic E-state index is 0.0974. The van der Waals surface area contributed by atoms with Crippen molar-refractivity contribution in [3.05, 3.63) is 134 Å². The molecule has 5 rings (SSSR count). The van der Waals surface area contributed by atoms with Crippen molar-refractivity contribution in [3.8, 4) is 5.75 Å². The standard InChI is InChI=1S/C36H37IN2O4/c1-24(2)21-38-35(42)36(20-27-10-4-8-14-31(27)37)30-13-7-6-12-29(30)34(41)39(22-28-11-5-9-15-32(28)43-3)33(36)26-18-16-25(23-40)17-19-26/h4-19,24,33,40H,20-23H2,1-3H3,(H,38,42)/t33-,36-/m0/s1. The number of carbonyl (C=O) groups is 2. The topological polar surface area (TPSA) is 78.9 Å². The van der Waals surface area contributed by atoms with Gasteiger partial charge < -0.3 is 20.1 Å². The van der Waals surface area contributed by atoms with Crippen LogP contribution in [0.2, 0.25) is 0 Å². The van der Waals surface area contributed by atoms with E-state index in [4.69, 9.17) is 4.74 Å². The molecular formula is C36H37IN2O4. The first-order valence-corrected chi connectivity index (χ1v) is 15.6. The monoisotopic (exact) mass is 688 g/mol. The van der Waals surface area contributed by atoms with Gasteiger partial charge in [-0.05, 0) is 75.4 Å². The van der Waals surface area contributed by atoms with Crippen molar-refractivity contribution in [1.29, 1.82) is 0 Å². The van der Waals surface area contributed by atoms with Crippen LogP contribution in [0.1, 0.15) is 58.1 Å². The number of fused-ring (bicyclic) bond motifs is 1. The number of rotatable bonds is 10. The molecule has 0 aliphatic carbocycles. The Bertz CT molecular complexity index is 1600. The van der Waals surface area contributed by atoms with E-state index >= 15 is 0 Å². The summed E-state index contributed by atoms with van der Waals surface area (Å²) in [5, 5.41) is 13.1. The Labute approximate surface area is 267 Å². The van der Waals surface area contributed by atoms with Crippen molar-refractivity contribution in [2.24, 2.45) is 5.92 Å². The number of benzene rings is 4. The fourth-order valence-electron chi connectivity index (χ4n) is 6.11. The summed E-state index contributed by atoms with van der Waals surface area (Å²) in [6.07, 6.45) is 0.384. The van der Waals surface area contributed by atoms with Crippen LogP contribution in [0, 0.1) is 9.49 Å². The van der Waals surface area contributed by atoms with Crippen LogP contribution in [0.15, 0.2) is 97.1 Å². The Morgan fingerprint density at radius 3 is 2.28 bits per heavy atom. The van der Waals surface area contributed by atoms with E-state index in [0.717, 1.165) is 25.8 Å². The van der Waals surface area contributed by atoms with E-state index in [0.29, 0.717) is 29.8 Å². The number of hydrogen-bond acceptors (Lipinski definition) is 4. The van der Waals surface area contributed by atoms with Gasteiger partial charge in [-0.25, -0.2) is 0 Å². The molecule has 0 saturated heterocycles. The highest BCUT2D eigenvalue weighted by atomic mass is 127. The Kier molecular flexibility index (Phi) is 9.52. The zero-order chi connectivity index (χ0) is 30.6. The van der Waals surface area contributed by atoms with Crippen LogP contribution < -0.4 is 10.1 Å². The fraction of sp³-hybridized carbons (Fsp3) is 0.278. The second-order valence-corrected chi connectivity index (χ2v) is 12.6. The third-order valence-corrected chi connectivity index (χ3v) is 9.24. The maximum absolute atomic E-state index is 14.9. The number of amides is 2. The van der Waals surface area contributed by atoms with Crippen LogP contribution in [0.3, 0.4) is 0 Å². The van der Waals surface area contributed by atoms with Crippen LogP contribution in [0.4, 0.5) is 0 Å². The zero-order valence-electron chi connectivity index (χ0n) is 24.7. The molecule has 6 nitrogen and oxygen atoms in total. The maximum Gasteiger partial charge on any atom is 0.255 e. The number of ether oxygens (including phenoxy) is 1. The molecule has 2 atom stereocenters. The molecule has 1 aliphatic heterocycles. The van der Waals surface area contributed by atoms with Crippen molar-refractivity contribution in [2.75, 3.05) is 13.7 Å². The molecule has 0 saturated carbocycles. The lowest BCUT2D eigenvalue weighted by Gasteiger charge is -2.50. The Hall–Kier alpha value is -3.69. The number of carbonyl (C=O) groups excluding carboxylic acids is 2. The molecule has 2 amide bonds. The number of nitrogens with zero attached hydrogens (tertiary/aromatic N) is 1. The summed E-state index contributed by atoms with van der Waals surface area (Å²) >= 11 is 2.33. The largest absolute Gasteiger partial charge is 0.496 e. The second kappa shape index (κ2) is 13.3. The lowest BCUT2D eigenvalue weighted by Crippen LogP contribution is -2.60. The zero-order valence-corrected chi connectivity index (χ0v) is 26.9. The van der Waals surface area contributed by atoms with E-state index in [1.165, 1.54) is 0 Å². The predicted molar refractivity (Wildman–Crippen MR) is 177 cm³/mol. The van der Waals surface area contributed by atoms with Crippen LogP contribution >= 0.6 is 22.6 Å². The van der Waals surface area contributed by atoms with Gasteiger partial charge in [-0.2, -0.15) is 0 Å². The van der Waals surface area contributed by atoms with Gasteiger partial charge in [0.2, 0.25) is 5.91 Å². The molecule has 2 N–H and O–H groups in total. The van der Waals surface area contributed by atoms with Crippen LogP contribution in [-0.2, 0) is 29.8 Å². The van der Waals surface area contributed by atoms with Crippen molar-refractivity contribution >= 4 is 34.4 Å². The highest BCUT2D eigenvalue weighted by Gasteiger charge is 2.56. The molecule has 7 heteroatoms. The molecule has 0 fully saturated rings. The third-order valence-electron chi connectivity index (χ3n) is 8.19. The van der Waals surface area contributed by atoms with Crippen LogP contribution in [0.5, 0.6) is 5.75 Å². The predicted octanol–water partition coefficient (Wildman–Crippen LogP) is 6.44. The van der Waals surface area contributed by atoms with Crippen LogP contribution in [0.25, 0.3) is 0 Å². The van der Waals surface area contributed by atoms with E-state index in [-0.39, 0.29) is 30.9 Å². The fourth-order valence-corrected chi connectivity index (χ4v) is 6.69. The van der Waals surface area contributed by atoms with E-state index in [1.807, 2.05) is 95.9 Å². The average molecular weight is 689 g/mol. The smallest absolute Gasteiger partial charge is 0.255 e. The van der Waals surface area contributed by atoms with Gasteiger partial charge in [0.1, 0.15) is 11.2 Å². The first-order chi connectivity index (χ1) is 20.8. The minimum atomic E-state index is -1.16. The summed E-state index contributed by atoms with van der Waals surface area (Å²) in [5.74, 6) is 0.649. The normalized spacial score (nSPS) is 18.0. The second-order valence-electron chi connectivity index (χ2n) is 11.4. The highest BCUT2D eigenvalue weighted by molar-refractivity contribution is 14.1. The molecule has 0 spiro atoms. The van der Waals surface area contributed by atoms with E-state index in [1.54, 1.807) is 7.11 Å². The van der Waals surface area contributed by atoms with E-state index < -0.39 is 11.5 Å². The number of aliphatic hydroxyl groups is 1. The van der Waals surface area contributed by atoms with E-state index in [2.05, 4.69) is 47.8 Å². The Balaban J connectivity index is 1.82. The van der Waals surface area contributed by atoms with Gasteiger partial charge in [0, 0.05) is 21.2 Å². The van der Waals surface area contributed by atoms with Gasteiger partial charge in [-0.1, -0.05) is 92.7 Å². The summed E-state index contributed by atoms with van der Waals surface area (Å²) < 4.78 is 6.74. The molecule has 0 aromatic heterocycles. The molecular weight excluding hydrogens is 651 g/mol. The highest BCUT2D eigenvalue weighted by Crippen LogP contribution is 2.50. The minimum Gasteiger partial charge on any atom is -0.496 e. The molecule has 1 heterocycles. The number of para-hydroxylation sites is 1. The number of hydrogen-bond donors (Lipinski definition) is 2. The first-order valence-electron chi connectivity index (χ1n) is 14.5. The maximum atomic E-state index is 14.9. The number of halogens is 1. The number of aliphatic hydroxyl groups excluding tert-OH is 1. The lowest BCUT2D eigenvalue weighted by molar-refractivity contribution is -0.130.